The number of hydrogen-bond acceptors (Lipinski definition) is 6. The summed E-state index contributed by atoms with van der Waals surface area (Å²) in [4.78, 5) is 28.2. The average molecular weight is 468 g/mol. The summed E-state index contributed by atoms with van der Waals surface area (Å²) in [5.41, 5.74) is 4.17. The third-order valence-electron chi connectivity index (χ3n) is 6.95. The number of carbonyl (C=O) groups excluding carboxylic acids is 2. The highest BCUT2D eigenvalue weighted by Gasteiger charge is 2.42. The van der Waals surface area contributed by atoms with Crippen molar-refractivity contribution in [3.8, 4) is 0 Å². The van der Waals surface area contributed by atoms with Gasteiger partial charge < -0.3 is 10.1 Å². The Morgan fingerprint density at radius 3 is 2.59 bits per heavy atom. The summed E-state index contributed by atoms with van der Waals surface area (Å²) >= 11 is 3.31. The van der Waals surface area contributed by atoms with E-state index in [-0.39, 0.29) is 29.7 Å². The lowest BCUT2D eigenvalue weighted by molar-refractivity contribution is -0.145. The zero-order valence-corrected chi connectivity index (χ0v) is 20.0. The van der Waals surface area contributed by atoms with Crippen molar-refractivity contribution in [3.63, 3.8) is 0 Å². The monoisotopic (exact) mass is 467 g/mol. The van der Waals surface area contributed by atoms with Gasteiger partial charge >= 0.3 is 5.97 Å². The molecule has 3 aliphatic rings. The molecular weight excluding hydrogens is 438 g/mol. The molecule has 3 heterocycles. The summed E-state index contributed by atoms with van der Waals surface area (Å²) in [7, 11) is 0. The van der Waals surface area contributed by atoms with Crippen LogP contribution in [0.5, 0.6) is 0 Å². The Bertz CT molecular complexity index is 1040. The summed E-state index contributed by atoms with van der Waals surface area (Å²) in [6, 6.07) is 6.20. The van der Waals surface area contributed by atoms with E-state index in [0.717, 1.165) is 54.6 Å². The van der Waals surface area contributed by atoms with Gasteiger partial charge in [-0.05, 0) is 72.9 Å². The van der Waals surface area contributed by atoms with E-state index < -0.39 is 0 Å². The molecule has 1 saturated carbocycles. The normalized spacial score (nSPS) is 24.7. The van der Waals surface area contributed by atoms with E-state index in [2.05, 4.69) is 22.1 Å². The summed E-state index contributed by atoms with van der Waals surface area (Å²) < 4.78 is 6.04. The number of rotatable bonds is 4. The zero-order chi connectivity index (χ0) is 22.1. The summed E-state index contributed by atoms with van der Waals surface area (Å²) in [5, 5.41) is 9.60. The summed E-state index contributed by atoms with van der Waals surface area (Å²) in [6.45, 7) is 1.95. The molecule has 2 aliphatic carbocycles. The smallest absolute Gasteiger partial charge is 0.337 e. The van der Waals surface area contributed by atoms with Gasteiger partial charge in [0.1, 0.15) is 6.10 Å². The van der Waals surface area contributed by atoms with Crippen LogP contribution in [-0.4, -0.2) is 17.9 Å². The molecule has 0 aromatic carbocycles. The second-order valence-electron chi connectivity index (χ2n) is 9.11. The molecule has 0 radical (unpaired) electrons. The largest absolute Gasteiger partial charge is 0.459 e. The molecule has 2 aromatic rings. The van der Waals surface area contributed by atoms with Gasteiger partial charge in [-0.25, -0.2) is 4.79 Å². The molecule has 5 rings (SSSR count). The van der Waals surface area contributed by atoms with Crippen LogP contribution >= 0.6 is 22.7 Å². The van der Waals surface area contributed by atoms with E-state index >= 15 is 0 Å². The molecular formula is C26H29NO3S2. The van der Waals surface area contributed by atoms with Crippen LogP contribution in [0.3, 0.4) is 0 Å². The Kier molecular flexibility index (Phi) is 6.33. The van der Waals surface area contributed by atoms with Gasteiger partial charge in [-0.2, -0.15) is 11.3 Å². The highest BCUT2D eigenvalue weighted by atomic mass is 32.1. The molecule has 168 valence electrons. The molecule has 1 N–H and O–H groups in total. The topological polar surface area (TPSA) is 55.4 Å². The van der Waals surface area contributed by atoms with Crippen LogP contribution < -0.4 is 5.32 Å². The van der Waals surface area contributed by atoms with Crippen molar-refractivity contribution in [1.82, 2.24) is 5.32 Å². The number of carbonyl (C=O) groups is 2. The number of esters is 1. The number of ketones is 1. The van der Waals surface area contributed by atoms with Gasteiger partial charge in [-0.15, -0.1) is 11.3 Å². The first kappa shape index (κ1) is 21.7. The van der Waals surface area contributed by atoms with E-state index in [1.165, 1.54) is 17.7 Å². The van der Waals surface area contributed by atoms with Crippen LogP contribution in [0.1, 0.15) is 80.6 Å². The van der Waals surface area contributed by atoms with Crippen LogP contribution in [0.25, 0.3) is 0 Å². The van der Waals surface area contributed by atoms with Gasteiger partial charge in [0.2, 0.25) is 0 Å². The number of ether oxygens (including phenoxy) is 1. The van der Waals surface area contributed by atoms with Crippen molar-refractivity contribution >= 4 is 34.4 Å². The Morgan fingerprint density at radius 1 is 1.09 bits per heavy atom. The third-order valence-corrected chi connectivity index (χ3v) is 8.68. The van der Waals surface area contributed by atoms with Gasteiger partial charge in [0, 0.05) is 40.1 Å². The van der Waals surface area contributed by atoms with Crippen LogP contribution in [0, 0.1) is 0 Å². The summed E-state index contributed by atoms with van der Waals surface area (Å²) in [5.74, 6) is -0.268. The molecule has 6 heteroatoms. The van der Waals surface area contributed by atoms with Gasteiger partial charge in [0.05, 0.1) is 5.57 Å². The van der Waals surface area contributed by atoms with Crippen molar-refractivity contribution in [2.24, 2.45) is 0 Å². The van der Waals surface area contributed by atoms with E-state index in [4.69, 9.17) is 4.74 Å². The van der Waals surface area contributed by atoms with Gasteiger partial charge in [-0.1, -0.05) is 18.9 Å². The number of allylic oxidation sites excluding steroid dienone is 3. The van der Waals surface area contributed by atoms with Crippen molar-refractivity contribution in [3.05, 3.63) is 67.3 Å². The predicted molar refractivity (Wildman–Crippen MR) is 129 cm³/mol. The Balaban J connectivity index is 1.48. The van der Waals surface area contributed by atoms with E-state index in [1.807, 2.05) is 24.4 Å². The fourth-order valence-corrected chi connectivity index (χ4v) is 6.90. The second-order valence-corrected chi connectivity index (χ2v) is 10.9. The quantitative estimate of drug-likeness (QED) is 0.415. The predicted octanol–water partition coefficient (Wildman–Crippen LogP) is 6.44. The Morgan fingerprint density at radius 2 is 1.91 bits per heavy atom. The van der Waals surface area contributed by atoms with E-state index in [0.29, 0.717) is 12.0 Å². The van der Waals surface area contributed by atoms with Crippen LogP contribution in [0.2, 0.25) is 0 Å². The number of hydrogen-bond donors (Lipinski definition) is 1. The number of nitrogens with one attached hydrogen (secondary N) is 1. The zero-order valence-electron chi connectivity index (χ0n) is 18.4. The average Bonchev–Trinajstić information content (AvgIpc) is 3.44. The van der Waals surface area contributed by atoms with Crippen LogP contribution in [0.4, 0.5) is 0 Å². The molecule has 0 spiro atoms. The Hall–Kier alpha value is -2.18. The minimum atomic E-state index is -0.340. The first-order valence-corrected chi connectivity index (χ1v) is 13.4. The maximum absolute atomic E-state index is 13.5. The van der Waals surface area contributed by atoms with E-state index in [1.54, 1.807) is 22.7 Å². The van der Waals surface area contributed by atoms with Gasteiger partial charge in [-0.3, -0.25) is 4.79 Å². The fraction of sp³-hybridized carbons (Fsp3) is 0.462. The van der Waals surface area contributed by atoms with Gasteiger partial charge in [0.25, 0.3) is 0 Å². The molecule has 32 heavy (non-hydrogen) atoms. The molecule has 4 nitrogen and oxygen atoms in total. The molecule has 0 unspecified atom stereocenters. The van der Waals surface area contributed by atoms with E-state index in [9.17, 15) is 9.59 Å². The highest BCUT2D eigenvalue weighted by molar-refractivity contribution is 7.10. The van der Waals surface area contributed by atoms with Crippen molar-refractivity contribution in [2.75, 3.05) is 0 Å². The van der Waals surface area contributed by atoms with Crippen molar-refractivity contribution in [1.29, 1.82) is 0 Å². The second kappa shape index (κ2) is 9.36. The van der Waals surface area contributed by atoms with Gasteiger partial charge in [0.15, 0.2) is 5.78 Å². The highest BCUT2D eigenvalue weighted by Crippen LogP contribution is 2.46. The fourth-order valence-electron chi connectivity index (χ4n) is 5.38. The minimum absolute atomic E-state index is 0.0194. The molecule has 0 saturated heterocycles. The van der Waals surface area contributed by atoms with Crippen LogP contribution in [-0.2, 0) is 14.3 Å². The third kappa shape index (κ3) is 4.23. The Labute approximate surface area is 197 Å². The van der Waals surface area contributed by atoms with Crippen LogP contribution in [0.15, 0.2) is 56.9 Å². The minimum Gasteiger partial charge on any atom is -0.459 e. The lowest BCUT2D eigenvalue weighted by Gasteiger charge is -2.36. The SMILES string of the molecule is CC1=C(C(=O)OC2CCCCCC2)[C@H](c2ccsc2)C2=C(C[C@H](c3cccs3)CC2=O)N1. The molecule has 1 aliphatic heterocycles. The first-order chi connectivity index (χ1) is 15.6. The lowest BCUT2D eigenvalue weighted by atomic mass is 9.73. The maximum atomic E-state index is 13.5. The number of Topliss-reactive ketones (excluding diaryl/α,β-unsaturated/α-hetero) is 1. The molecule has 2 atom stereocenters. The number of dihydropyridines is 1. The molecule has 0 amide bonds. The molecule has 1 fully saturated rings. The standard InChI is InChI=1S/C26H29NO3S2/c1-16-23(26(29)30-19-7-4-2-3-5-8-19)24(17-10-12-31-15-17)25-20(27-16)13-18(14-21(25)28)22-9-6-11-32-22/h6,9-12,15,18-19,24,27H,2-5,7-8,13-14H2,1H3/t18-,24-/m0/s1. The number of thiophene rings is 2. The molecule has 2 aromatic heterocycles. The summed E-state index contributed by atoms with van der Waals surface area (Å²) in [6.07, 6.45) is 7.79. The lowest BCUT2D eigenvalue weighted by Crippen LogP contribution is -2.36. The maximum Gasteiger partial charge on any atom is 0.337 e. The first-order valence-electron chi connectivity index (χ1n) is 11.6. The molecule has 0 bridgehead atoms. The van der Waals surface area contributed by atoms with Crippen molar-refractivity contribution < 1.29 is 14.3 Å². The van der Waals surface area contributed by atoms with Crippen molar-refractivity contribution in [2.45, 2.75) is 76.2 Å².